The van der Waals surface area contributed by atoms with Crippen molar-refractivity contribution in [1.29, 1.82) is 0 Å². The molecule has 1 heterocycles. The summed E-state index contributed by atoms with van der Waals surface area (Å²) in [5.41, 5.74) is 1.68. The number of rotatable bonds is 1. The Balaban J connectivity index is 0.00000112. The number of imidazole rings is 1. The van der Waals surface area contributed by atoms with E-state index < -0.39 is 7.37 Å². The molecule has 1 unspecified atom stereocenters. The van der Waals surface area contributed by atoms with Gasteiger partial charge in [-0.3, -0.25) is 0 Å². The SMILES string of the molecule is Cn1c(P(C)(=O)[O-])nc2ccccc21.[Na]. The van der Waals surface area contributed by atoms with Crippen LogP contribution in [0, 0.1) is 0 Å². The van der Waals surface area contributed by atoms with Gasteiger partial charge in [0.15, 0.2) is 5.57 Å². The van der Waals surface area contributed by atoms with Gasteiger partial charge in [0, 0.05) is 36.6 Å². The Labute approximate surface area is 110 Å². The van der Waals surface area contributed by atoms with Crippen LogP contribution in [-0.4, -0.2) is 45.8 Å². The average Bonchev–Trinajstić information content (AvgIpc) is 2.44. The van der Waals surface area contributed by atoms with Crippen molar-refractivity contribution in [1.82, 2.24) is 9.55 Å². The third-order valence-electron chi connectivity index (χ3n) is 2.13. The van der Waals surface area contributed by atoms with Gasteiger partial charge in [0.2, 0.25) is 0 Å². The standard InChI is InChI=1S/C9H11N2O2P.Na/c1-11-8-6-4-3-5-7(8)10-9(11)14(2,12)13;/h3-6H,1-2H3,(H,12,13);/p-1. The average molecular weight is 232 g/mol. The fourth-order valence-electron chi connectivity index (χ4n) is 1.50. The van der Waals surface area contributed by atoms with Gasteiger partial charge in [-0.25, -0.2) is 4.98 Å². The van der Waals surface area contributed by atoms with Gasteiger partial charge in [-0.05, 0) is 18.8 Å². The summed E-state index contributed by atoms with van der Waals surface area (Å²) in [6.07, 6.45) is 0. The van der Waals surface area contributed by atoms with Gasteiger partial charge in [0.1, 0.15) is 0 Å². The zero-order valence-electron chi connectivity index (χ0n) is 8.97. The van der Waals surface area contributed by atoms with Crippen LogP contribution in [0.4, 0.5) is 0 Å². The molecule has 0 saturated carbocycles. The molecule has 4 nitrogen and oxygen atoms in total. The Hall–Kier alpha value is -0.120. The molecular formula is C9H10N2NaO2P-. The van der Waals surface area contributed by atoms with E-state index >= 15 is 0 Å². The molecule has 0 aliphatic rings. The minimum Gasteiger partial charge on any atom is -0.794 e. The van der Waals surface area contributed by atoms with Crippen LogP contribution in [0.25, 0.3) is 11.0 Å². The van der Waals surface area contributed by atoms with Crippen molar-refractivity contribution < 1.29 is 9.46 Å². The number of para-hydroxylation sites is 2. The molecule has 0 aliphatic carbocycles. The van der Waals surface area contributed by atoms with Crippen molar-refractivity contribution in [3.05, 3.63) is 24.3 Å². The molecule has 2 aromatic rings. The summed E-state index contributed by atoms with van der Waals surface area (Å²) in [7, 11) is -1.82. The second-order valence-corrected chi connectivity index (χ2v) is 5.40. The number of hydrogen-bond acceptors (Lipinski definition) is 3. The minimum absolute atomic E-state index is 0. The zero-order valence-corrected chi connectivity index (χ0v) is 11.9. The molecule has 0 aliphatic heterocycles. The molecule has 0 fully saturated rings. The van der Waals surface area contributed by atoms with Gasteiger partial charge < -0.3 is 14.0 Å². The summed E-state index contributed by atoms with van der Waals surface area (Å²) in [5.74, 6) is 0. The summed E-state index contributed by atoms with van der Waals surface area (Å²) in [6, 6.07) is 7.35. The van der Waals surface area contributed by atoms with E-state index in [1.165, 1.54) is 6.66 Å². The Morgan fingerprint density at radius 2 is 2.00 bits per heavy atom. The zero-order chi connectivity index (χ0) is 10.3. The summed E-state index contributed by atoms with van der Waals surface area (Å²) in [5, 5.41) is 0. The van der Waals surface area contributed by atoms with Gasteiger partial charge in [-0.15, -0.1) is 0 Å². The van der Waals surface area contributed by atoms with E-state index in [0.717, 1.165) is 5.52 Å². The Bertz CT molecular complexity index is 532. The summed E-state index contributed by atoms with van der Waals surface area (Å²) < 4.78 is 13.0. The molecule has 1 aromatic heterocycles. The van der Waals surface area contributed by atoms with E-state index in [1.54, 1.807) is 17.7 Å². The second-order valence-electron chi connectivity index (χ2n) is 3.31. The molecule has 0 spiro atoms. The third kappa shape index (κ3) is 2.35. The Morgan fingerprint density at radius 3 is 2.53 bits per heavy atom. The van der Waals surface area contributed by atoms with Crippen LogP contribution in [0.3, 0.4) is 0 Å². The quantitative estimate of drug-likeness (QED) is 0.517. The topological polar surface area (TPSA) is 58.0 Å². The smallest absolute Gasteiger partial charge is 0.155 e. The largest absolute Gasteiger partial charge is 0.794 e. The van der Waals surface area contributed by atoms with Gasteiger partial charge >= 0.3 is 0 Å². The van der Waals surface area contributed by atoms with E-state index in [0.29, 0.717) is 5.52 Å². The maximum Gasteiger partial charge on any atom is 0.155 e. The fourth-order valence-corrected chi connectivity index (χ4v) is 2.44. The monoisotopic (exact) mass is 232 g/mol. The van der Waals surface area contributed by atoms with Gasteiger partial charge in [-0.1, -0.05) is 12.1 Å². The van der Waals surface area contributed by atoms with Crippen LogP contribution < -0.4 is 10.5 Å². The Morgan fingerprint density at radius 1 is 1.40 bits per heavy atom. The van der Waals surface area contributed by atoms with Crippen molar-refractivity contribution in [2.24, 2.45) is 7.05 Å². The van der Waals surface area contributed by atoms with Crippen LogP contribution in [0.5, 0.6) is 0 Å². The first-order valence-electron chi connectivity index (χ1n) is 4.20. The third-order valence-corrected chi connectivity index (χ3v) is 3.25. The first-order chi connectivity index (χ1) is 6.50. The van der Waals surface area contributed by atoms with E-state index in [9.17, 15) is 9.46 Å². The van der Waals surface area contributed by atoms with Crippen molar-refractivity contribution in [2.75, 3.05) is 6.66 Å². The fraction of sp³-hybridized carbons (Fsp3) is 0.222. The minimum atomic E-state index is -3.53. The van der Waals surface area contributed by atoms with Gasteiger partial charge in [0.25, 0.3) is 0 Å². The molecule has 1 atom stereocenters. The predicted octanol–water partition coefficient (Wildman–Crippen LogP) is 0.0860. The van der Waals surface area contributed by atoms with Crippen molar-refractivity contribution in [3.8, 4) is 0 Å². The van der Waals surface area contributed by atoms with E-state index in [-0.39, 0.29) is 35.1 Å². The number of nitrogens with zero attached hydrogens (tertiary/aromatic N) is 2. The van der Waals surface area contributed by atoms with E-state index in [2.05, 4.69) is 4.98 Å². The maximum atomic E-state index is 11.4. The molecule has 0 amide bonds. The van der Waals surface area contributed by atoms with Crippen molar-refractivity contribution in [2.45, 2.75) is 0 Å². The number of hydrogen-bond donors (Lipinski definition) is 0. The summed E-state index contributed by atoms with van der Waals surface area (Å²) in [4.78, 5) is 15.4. The molecule has 6 heteroatoms. The molecule has 15 heavy (non-hydrogen) atoms. The molecule has 0 N–H and O–H groups in total. The molecule has 0 bridgehead atoms. The van der Waals surface area contributed by atoms with Gasteiger partial charge in [-0.2, -0.15) is 0 Å². The van der Waals surface area contributed by atoms with Crippen LogP contribution in [0.2, 0.25) is 0 Å². The summed E-state index contributed by atoms with van der Waals surface area (Å²) >= 11 is 0. The molecular weight excluding hydrogens is 222 g/mol. The maximum absolute atomic E-state index is 11.4. The number of aromatic nitrogens is 2. The first kappa shape index (κ1) is 12.9. The van der Waals surface area contributed by atoms with Crippen molar-refractivity contribution in [3.63, 3.8) is 0 Å². The molecule has 0 saturated heterocycles. The van der Waals surface area contributed by atoms with E-state index in [4.69, 9.17) is 0 Å². The molecule has 1 radical (unpaired) electrons. The molecule has 2 rings (SSSR count). The van der Waals surface area contributed by atoms with Crippen molar-refractivity contribution >= 4 is 53.5 Å². The van der Waals surface area contributed by atoms with E-state index in [1.807, 2.05) is 18.2 Å². The number of fused-ring (bicyclic) bond motifs is 1. The normalized spacial score (nSPS) is 14.6. The second kappa shape index (κ2) is 4.40. The van der Waals surface area contributed by atoms with Crippen LogP contribution in [0.1, 0.15) is 0 Å². The number of benzene rings is 1. The molecule has 75 valence electrons. The predicted molar refractivity (Wildman–Crippen MR) is 59.6 cm³/mol. The van der Waals surface area contributed by atoms with Crippen LogP contribution in [0.15, 0.2) is 24.3 Å². The van der Waals surface area contributed by atoms with Crippen LogP contribution in [-0.2, 0) is 11.6 Å². The van der Waals surface area contributed by atoms with Crippen LogP contribution >= 0.6 is 7.37 Å². The Kier molecular flexibility index (Phi) is 3.80. The van der Waals surface area contributed by atoms with Gasteiger partial charge in [0.05, 0.1) is 18.4 Å². The number of aryl methyl sites for hydroxylation is 1. The summed E-state index contributed by atoms with van der Waals surface area (Å²) in [6.45, 7) is 1.19. The molecule has 1 aromatic carbocycles. The first-order valence-corrected chi connectivity index (χ1v) is 6.28.